The highest BCUT2D eigenvalue weighted by atomic mass is 15.1. The predicted octanol–water partition coefficient (Wildman–Crippen LogP) is 13.6. The van der Waals surface area contributed by atoms with Crippen LogP contribution in [-0.2, 0) is 5.41 Å². The summed E-state index contributed by atoms with van der Waals surface area (Å²) < 4.78 is 0. The molecule has 0 amide bonds. The van der Waals surface area contributed by atoms with E-state index in [0.29, 0.717) is 0 Å². The van der Waals surface area contributed by atoms with E-state index in [1.165, 1.54) is 66.4 Å². The van der Waals surface area contributed by atoms with Gasteiger partial charge in [-0.3, -0.25) is 0 Å². The maximum atomic E-state index is 2.43. The number of rotatable bonds is 6. The molecule has 1 nitrogen and oxygen atoms in total. The Hall–Kier alpha value is -6.18. The van der Waals surface area contributed by atoms with Gasteiger partial charge >= 0.3 is 0 Å². The summed E-state index contributed by atoms with van der Waals surface area (Å²) >= 11 is 0. The first-order valence-electron chi connectivity index (χ1n) is 17.5. The first-order valence-corrected chi connectivity index (χ1v) is 17.5. The van der Waals surface area contributed by atoms with Crippen molar-refractivity contribution in [2.45, 2.75) is 19.3 Å². The van der Waals surface area contributed by atoms with E-state index in [1.807, 2.05) is 0 Å². The molecule has 9 rings (SSSR count). The van der Waals surface area contributed by atoms with Crippen LogP contribution in [0.15, 0.2) is 188 Å². The van der Waals surface area contributed by atoms with Crippen LogP contribution in [-0.4, -0.2) is 0 Å². The molecule has 0 radical (unpaired) electrons. The van der Waals surface area contributed by atoms with E-state index in [0.717, 1.165) is 17.1 Å². The van der Waals surface area contributed by atoms with Gasteiger partial charge in [0.25, 0.3) is 0 Å². The molecule has 238 valence electrons. The van der Waals surface area contributed by atoms with Gasteiger partial charge in [-0.2, -0.15) is 0 Å². The summed E-state index contributed by atoms with van der Waals surface area (Å²) in [6.07, 6.45) is 0. The third kappa shape index (κ3) is 4.85. The quantitative estimate of drug-likeness (QED) is 0.175. The van der Waals surface area contributed by atoms with Crippen LogP contribution in [0.25, 0.3) is 55.3 Å². The lowest BCUT2D eigenvalue weighted by Crippen LogP contribution is -2.15. The normalized spacial score (nSPS) is 12.8. The molecule has 8 aromatic carbocycles. The summed E-state index contributed by atoms with van der Waals surface area (Å²) in [6.45, 7) is 4.74. The largest absolute Gasteiger partial charge is 0.310 e. The molecule has 1 aliphatic carbocycles. The van der Waals surface area contributed by atoms with Crippen LogP contribution >= 0.6 is 0 Å². The van der Waals surface area contributed by atoms with Crippen LogP contribution in [0.2, 0.25) is 0 Å². The summed E-state index contributed by atoms with van der Waals surface area (Å²) in [5.74, 6) is 0. The molecule has 0 saturated heterocycles. The predicted molar refractivity (Wildman–Crippen MR) is 213 cm³/mol. The number of fused-ring (bicyclic) bond motifs is 4. The first-order chi connectivity index (χ1) is 24.6. The Kier molecular flexibility index (Phi) is 7.21. The molecule has 0 aromatic heterocycles. The average molecular weight is 640 g/mol. The van der Waals surface area contributed by atoms with Crippen molar-refractivity contribution in [1.29, 1.82) is 0 Å². The van der Waals surface area contributed by atoms with Gasteiger partial charge in [0.15, 0.2) is 0 Å². The van der Waals surface area contributed by atoms with Gasteiger partial charge in [0.05, 0.1) is 5.69 Å². The zero-order chi connectivity index (χ0) is 33.7. The molecule has 0 atom stereocenters. The van der Waals surface area contributed by atoms with Crippen LogP contribution in [0.1, 0.15) is 25.0 Å². The highest BCUT2D eigenvalue weighted by Crippen LogP contribution is 2.54. The maximum Gasteiger partial charge on any atom is 0.0540 e. The number of anilines is 3. The second-order valence-electron chi connectivity index (χ2n) is 13.7. The van der Waals surface area contributed by atoms with E-state index >= 15 is 0 Å². The minimum atomic E-state index is -0.0938. The fourth-order valence-corrected chi connectivity index (χ4v) is 8.10. The SMILES string of the molecule is CC1(C)c2ccccc2-c2c1cc1ccccc1c2-c1cccc(N(c2ccccc2)c2ccccc2-c2ccccc2-c2ccccc2)c1. The zero-order valence-corrected chi connectivity index (χ0v) is 28.3. The zero-order valence-electron chi connectivity index (χ0n) is 28.3. The van der Waals surface area contributed by atoms with E-state index in [4.69, 9.17) is 0 Å². The van der Waals surface area contributed by atoms with Crippen molar-refractivity contribution in [3.8, 4) is 44.5 Å². The standard InChI is InChI=1S/C49H37N/c1-49(2)44-30-15-13-29-43(44)48-45(49)33-35-20-9-10-26-40(35)47(48)36-21-17-24-38(32-36)50(37-22-7-4-8-23-37)46-31-16-14-28-42(46)41-27-12-11-25-39(41)34-18-5-3-6-19-34/h3-33H,1-2H3. The highest BCUT2D eigenvalue weighted by molar-refractivity contribution is 6.08. The molecule has 8 aromatic rings. The Balaban J connectivity index is 1.29. The van der Waals surface area contributed by atoms with Crippen molar-refractivity contribution in [1.82, 2.24) is 0 Å². The average Bonchev–Trinajstić information content (AvgIpc) is 3.40. The topological polar surface area (TPSA) is 3.24 Å². The Morgan fingerprint density at radius 2 is 0.960 bits per heavy atom. The Morgan fingerprint density at radius 1 is 0.380 bits per heavy atom. The Labute approximate surface area is 294 Å². The van der Waals surface area contributed by atoms with Gasteiger partial charge in [-0.05, 0) is 97.2 Å². The van der Waals surface area contributed by atoms with Crippen LogP contribution in [0.3, 0.4) is 0 Å². The third-order valence-corrected chi connectivity index (χ3v) is 10.4. The van der Waals surface area contributed by atoms with E-state index in [1.54, 1.807) is 0 Å². The summed E-state index contributed by atoms with van der Waals surface area (Å²) in [4.78, 5) is 2.42. The molecular formula is C49H37N. The second kappa shape index (κ2) is 12.1. The number of hydrogen-bond acceptors (Lipinski definition) is 1. The molecule has 50 heavy (non-hydrogen) atoms. The minimum Gasteiger partial charge on any atom is -0.310 e. The lowest BCUT2D eigenvalue weighted by molar-refractivity contribution is 0.661. The Morgan fingerprint density at radius 3 is 1.76 bits per heavy atom. The van der Waals surface area contributed by atoms with E-state index < -0.39 is 0 Å². The summed E-state index contributed by atoms with van der Waals surface area (Å²) in [5, 5.41) is 2.55. The third-order valence-electron chi connectivity index (χ3n) is 10.4. The number of para-hydroxylation sites is 2. The van der Waals surface area contributed by atoms with Crippen LogP contribution in [0.5, 0.6) is 0 Å². The lowest BCUT2D eigenvalue weighted by Gasteiger charge is -2.29. The van der Waals surface area contributed by atoms with E-state index in [9.17, 15) is 0 Å². The molecule has 0 fully saturated rings. The summed E-state index contributed by atoms with van der Waals surface area (Å²) in [5.41, 5.74) is 16.1. The van der Waals surface area contributed by atoms with Gasteiger partial charge in [0, 0.05) is 22.4 Å². The van der Waals surface area contributed by atoms with Gasteiger partial charge in [0.1, 0.15) is 0 Å². The molecule has 0 spiro atoms. The van der Waals surface area contributed by atoms with E-state index in [-0.39, 0.29) is 5.41 Å². The van der Waals surface area contributed by atoms with Gasteiger partial charge in [-0.15, -0.1) is 0 Å². The van der Waals surface area contributed by atoms with Crippen molar-refractivity contribution >= 4 is 27.8 Å². The number of benzene rings is 8. The number of nitrogens with zero attached hydrogens (tertiary/aromatic N) is 1. The van der Waals surface area contributed by atoms with Gasteiger partial charge in [0.2, 0.25) is 0 Å². The summed E-state index contributed by atoms with van der Waals surface area (Å²) in [6, 6.07) is 68.5. The fourth-order valence-electron chi connectivity index (χ4n) is 8.10. The second-order valence-corrected chi connectivity index (χ2v) is 13.7. The highest BCUT2D eigenvalue weighted by Gasteiger charge is 2.37. The van der Waals surface area contributed by atoms with Crippen molar-refractivity contribution < 1.29 is 0 Å². The molecule has 1 aliphatic rings. The molecular weight excluding hydrogens is 603 g/mol. The van der Waals surface area contributed by atoms with Crippen molar-refractivity contribution in [2.75, 3.05) is 4.90 Å². The molecule has 0 unspecified atom stereocenters. The smallest absolute Gasteiger partial charge is 0.0540 e. The maximum absolute atomic E-state index is 2.43. The lowest BCUT2D eigenvalue weighted by atomic mass is 9.80. The van der Waals surface area contributed by atoms with Crippen molar-refractivity contribution in [3.63, 3.8) is 0 Å². The Bertz CT molecular complexity index is 2510. The number of hydrogen-bond donors (Lipinski definition) is 0. The van der Waals surface area contributed by atoms with Crippen LogP contribution in [0, 0.1) is 0 Å². The molecule has 0 bridgehead atoms. The van der Waals surface area contributed by atoms with Gasteiger partial charge < -0.3 is 4.90 Å². The van der Waals surface area contributed by atoms with Crippen LogP contribution < -0.4 is 4.90 Å². The summed E-state index contributed by atoms with van der Waals surface area (Å²) in [7, 11) is 0. The minimum absolute atomic E-state index is 0.0938. The van der Waals surface area contributed by atoms with Crippen LogP contribution in [0.4, 0.5) is 17.1 Å². The molecule has 0 saturated carbocycles. The van der Waals surface area contributed by atoms with Gasteiger partial charge in [-0.1, -0.05) is 166 Å². The van der Waals surface area contributed by atoms with E-state index in [2.05, 4.69) is 207 Å². The van der Waals surface area contributed by atoms with Crippen molar-refractivity contribution in [2.24, 2.45) is 0 Å². The fraction of sp³-hybridized carbons (Fsp3) is 0.0612. The molecule has 0 heterocycles. The van der Waals surface area contributed by atoms with Crippen molar-refractivity contribution in [3.05, 3.63) is 199 Å². The molecule has 1 heteroatoms. The first kappa shape index (κ1) is 29.9. The molecule has 0 N–H and O–H groups in total. The molecule has 0 aliphatic heterocycles. The van der Waals surface area contributed by atoms with Gasteiger partial charge in [-0.25, -0.2) is 0 Å². The monoisotopic (exact) mass is 639 g/mol.